The number of rotatable bonds is 5. The Morgan fingerprint density at radius 1 is 1.30 bits per heavy atom. The number of likely N-dealkylation sites (tertiary alicyclic amines) is 1. The lowest BCUT2D eigenvalue weighted by Crippen LogP contribution is -2.40. The standard InChI is InChI=1S/C14H20N4O2/c15-14(20)12-6-3-7-18(12)9-11-5-2-1-4-10(11)8-13(19)17-16/h1-2,4-5,12H,3,6-9,16H2,(H2,15,20)(H,17,19). The molecule has 20 heavy (non-hydrogen) atoms. The summed E-state index contributed by atoms with van der Waals surface area (Å²) in [7, 11) is 0. The van der Waals surface area contributed by atoms with Crippen LogP contribution in [0.4, 0.5) is 0 Å². The van der Waals surface area contributed by atoms with Crippen LogP contribution in [0.1, 0.15) is 24.0 Å². The van der Waals surface area contributed by atoms with Gasteiger partial charge in [-0.05, 0) is 30.5 Å². The van der Waals surface area contributed by atoms with Crippen LogP contribution in [0.25, 0.3) is 0 Å². The first-order valence-corrected chi connectivity index (χ1v) is 6.71. The van der Waals surface area contributed by atoms with E-state index in [2.05, 4.69) is 10.3 Å². The topological polar surface area (TPSA) is 101 Å². The van der Waals surface area contributed by atoms with Crippen LogP contribution in [0.5, 0.6) is 0 Å². The van der Waals surface area contributed by atoms with Crippen LogP contribution in [0, 0.1) is 0 Å². The molecule has 1 aliphatic rings. The van der Waals surface area contributed by atoms with Crippen LogP contribution in [-0.4, -0.2) is 29.3 Å². The number of amides is 2. The van der Waals surface area contributed by atoms with Crippen molar-refractivity contribution in [1.29, 1.82) is 0 Å². The van der Waals surface area contributed by atoms with Crippen LogP contribution >= 0.6 is 0 Å². The molecule has 108 valence electrons. The fourth-order valence-corrected chi connectivity index (χ4v) is 2.66. The monoisotopic (exact) mass is 276 g/mol. The van der Waals surface area contributed by atoms with Crippen molar-refractivity contribution in [2.24, 2.45) is 11.6 Å². The Kier molecular flexibility index (Phi) is 4.70. The summed E-state index contributed by atoms with van der Waals surface area (Å²) in [6, 6.07) is 7.48. The van der Waals surface area contributed by atoms with Crippen molar-refractivity contribution in [3.05, 3.63) is 35.4 Å². The summed E-state index contributed by atoms with van der Waals surface area (Å²) in [6.45, 7) is 1.48. The third-order valence-electron chi connectivity index (χ3n) is 3.70. The highest BCUT2D eigenvalue weighted by Crippen LogP contribution is 2.21. The fourth-order valence-electron chi connectivity index (χ4n) is 2.66. The molecule has 5 N–H and O–H groups in total. The molecule has 1 aromatic carbocycles. The maximum Gasteiger partial charge on any atom is 0.238 e. The zero-order valence-corrected chi connectivity index (χ0v) is 11.3. The normalized spacial score (nSPS) is 18.9. The molecular weight excluding hydrogens is 256 g/mol. The highest BCUT2D eigenvalue weighted by atomic mass is 16.2. The maximum atomic E-state index is 11.4. The van der Waals surface area contributed by atoms with E-state index >= 15 is 0 Å². The van der Waals surface area contributed by atoms with Crippen LogP contribution in [0.15, 0.2) is 24.3 Å². The van der Waals surface area contributed by atoms with Crippen molar-refractivity contribution in [2.75, 3.05) is 6.54 Å². The molecule has 0 aliphatic carbocycles. The number of primary amides is 1. The predicted octanol–water partition coefficient (Wildman–Crippen LogP) is -0.331. The summed E-state index contributed by atoms with van der Waals surface area (Å²) >= 11 is 0. The molecule has 0 aromatic heterocycles. The molecule has 0 saturated carbocycles. The molecule has 1 heterocycles. The zero-order chi connectivity index (χ0) is 14.5. The number of hydrogen-bond acceptors (Lipinski definition) is 4. The lowest BCUT2D eigenvalue weighted by Gasteiger charge is -2.23. The highest BCUT2D eigenvalue weighted by molar-refractivity contribution is 5.80. The summed E-state index contributed by atoms with van der Waals surface area (Å²) in [5.41, 5.74) is 9.51. The van der Waals surface area contributed by atoms with Crippen molar-refractivity contribution >= 4 is 11.8 Å². The van der Waals surface area contributed by atoms with Crippen LogP contribution < -0.4 is 17.0 Å². The molecule has 2 rings (SSSR count). The molecule has 1 unspecified atom stereocenters. The van der Waals surface area contributed by atoms with Gasteiger partial charge in [0, 0.05) is 6.54 Å². The van der Waals surface area contributed by atoms with Gasteiger partial charge in [0.2, 0.25) is 11.8 Å². The maximum absolute atomic E-state index is 11.4. The van der Waals surface area contributed by atoms with Crippen LogP contribution in [-0.2, 0) is 22.6 Å². The summed E-state index contributed by atoms with van der Waals surface area (Å²) in [6.07, 6.45) is 2.02. The number of hydrogen-bond donors (Lipinski definition) is 3. The van der Waals surface area contributed by atoms with Gasteiger partial charge in [-0.15, -0.1) is 0 Å². The van der Waals surface area contributed by atoms with Gasteiger partial charge in [0.05, 0.1) is 12.5 Å². The number of carbonyl (C=O) groups is 2. The lowest BCUT2D eigenvalue weighted by atomic mass is 10.0. The minimum atomic E-state index is -0.278. The first kappa shape index (κ1) is 14.5. The number of nitrogens with two attached hydrogens (primary N) is 2. The Hall–Kier alpha value is -1.92. The fraction of sp³-hybridized carbons (Fsp3) is 0.429. The average Bonchev–Trinajstić information content (AvgIpc) is 2.89. The molecule has 1 saturated heterocycles. The Morgan fingerprint density at radius 2 is 2.00 bits per heavy atom. The van der Waals surface area contributed by atoms with E-state index in [1.165, 1.54) is 0 Å². The number of nitrogens with one attached hydrogen (secondary N) is 1. The summed E-state index contributed by atoms with van der Waals surface area (Å²) in [4.78, 5) is 24.9. The molecule has 0 bridgehead atoms. The number of hydrazine groups is 1. The van der Waals surface area contributed by atoms with E-state index in [9.17, 15) is 9.59 Å². The van der Waals surface area contributed by atoms with Crippen molar-refractivity contribution in [3.8, 4) is 0 Å². The van der Waals surface area contributed by atoms with Crippen molar-refractivity contribution in [2.45, 2.75) is 31.8 Å². The van der Waals surface area contributed by atoms with Crippen molar-refractivity contribution in [3.63, 3.8) is 0 Å². The molecule has 1 aromatic rings. The Morgan fingerprint density at radius 3 is 2.65 bits per heavy atom. The Labute approximate surface area is 118 Å². The second-order valence-electron chi connectivity index (χ2n) is 5.04. The number of carbonyl (C=O) groups excluding carboxylic acids is 2. The molecule has 2 amide bonds. The van der Waals surface area contributed by atoms with E-state index in [1.54, 1.807) is 0 Å². The van der Waals surface area contributed by atoms with Gasteiger partial charge in [0.15, 0.2) is 0 Å². The first-order valence-electron chi connectivity index (χ1n) is 6.71. The smallest absolute Gasteiger partial charge is 0.238 e. The summed E-state index contributed by atoms with van der Waals surface area (Å²) in [5.74, 6) is 4.61. The van der Waals surface area contributed by atoms with Gasteiger partial charge in [-0.3, -0.25) is 19.9 Å². The summed E-state index contributed by atoms with van der Waals surface area (Å²) < 4.78 is 0. The molecule has 0 radical (unpaired) electrons. The SMILES string of the molecule is NNC(=O)Cc1ccccc1CN1CCCC1C(N)=O. The van der Waals surface area contributed by atoms with Crippen LogP contribution in [0.2, 0.25) is 0 Å². The quantitative estimate of drug-likeness (QED) is 0.389. The van der Waals surface area contributed by atoms with E-state index in [1.807, 2.05) is 24.3 Å². The van der Waals surface area contributed by atoms with Gasteiger partial charge in [-0.1, -0.05) is 24.3 Å². The average molecular weight is 276 g/mol. The molecular formula is C14H20N4O2. The van der Waals surface area contributed by atoms with E-state index in [-0.39, 0.29) is 24.3 Å². The first-order chi connectivity index (χ1) is 9.61. The molecule has 0 spiro atoms. The third kappa shape index (κ3) is 3.34. The highest BCUT2D eigenvalue weighted by Gasteiger charge is 2.29. The van der Waals surface area contributed by atoms with E-state index < -0.39 is 0 Å². The largest absolute Gasteiger partial charge is 0.368 e. The molecule has 6 heteroatoms. The second kappa shape index (κ2) is 6.49. The number of nitrogens with zero attached hydrogens (tertiary/aromatic N) is 1. The minimum Gasteiger partial charge on any atom is -0.368 e. The molecule has 1 atom stereocenters. The van der Waals surface area contributed by atoms with E-state index in [4.69, 9.17) is 11.6 Å². The summed E-state index contributed by atoms with van der Waals surface area (Å²) in [5, 5.41) is 0. The van der Waals surface area contributed by atoms with Gasteiger partial charge in [-0.2, -0.15) is 0 Å². The van der Waals surface area contributed by atoms with E-state index in [0.717, 1.165) is 30.5 Å². The predicted molar refractivity (Wildman–Crippen MR) is 75.1 cm³/mol. The molecule has 1 fully saturated rings. The minimum absolute atomic E-state index is 0.202. The molecule has 6 nitrogen and oxygen atoms in total. The Bertz CT molecular complexity index is 504. The van der Waals surface area contributed by atoms with Gasteiger partial charge in [0.25, 0.3) is 0 Å². The second-order valence-corrected chi connectivity index (χ2v) is 5.04. The van der Waals surface area contributed by atoms with Gasteiger partial charge < -0.3 is 5.73 Å². The Balaban J connectivity index is 2.12. The van der Waals surface area contributed by atoms with Crippen molar-refractivity contribution < 1.29 is 9.59 Å². The van der Waals surface area contributed by atoms with Gasteiger partial charge >= 0.3 is 0 Å². The van der Waals surface area contributed by atoms with Crippen molar-refractivity contribution in [1.82, 2.24) is 10.3 Å². The molecule has 1 aliphatic heterocycles. The van der Waals surface area contributed by atoms with Gasteiger partial charge in [0.1, 0.15) is 0 Å². The van der Waals surface area contributed by atoms with Gasteiger partial charge in [-0.25, -0.2) is 5.84 Å². The van der Waals surface area contributed by atoms with E-state index in [0.29, 0.717) is 6.54 Å². The lowest BCUT2D eigenvalue weighted by molar-refractivity contribution is -0.122. The van der Waals surface area contributed by atoms with Crippen LogP contribution in [0.3, 0.4) is 0 Å². The number of benzene rings is 1. The third-order valence-corrected chi connectivity index (χ3v) is 3.70. The zero-order valence-electron chi connectivity index (χ0n) is 11.3.